The first-order valence-electron chi connectivity index (χ1n) is 15.5. The van der Waals surface area contributed by atoms with Gasteiger partial charge in [-0.1, -0.05) is 84.9 Å². The summed E-state index contributed by atoms with van der Waals surface area (Å²) in [7, 11) is 0. The maximum Gasteiger partial charge on any atom is 0.223 e. The molecule has 0 amide bonds. The van der Waals surface area contributed by atoms with Gasteiger partial charge in [0.2, 0.25) is 11.6 Å². The highest BCUT2D eigenvalue weighted by molar-refractivity contribution is 6.12. The van der Waals surface area contributed by atoms with Gasteiger partial charge in [-0.15, -0.1) is 0 Å². The molecule has 12 aromatic rings. The lowest BCUT2D eigenvalue weighted by molar-refractivity contribution is 0.670. The molecule has 6 heteroatoms. The Morgan fingerprint density at radius 2 is 1.00 bits per heavy atom. The zero-order chi connectivity index (χ0) is 29.7. The van der Waals surface area contributed by atoms with E-state index in [2.05, 4.69) is 128 Å². The van der Waals surface area contributed by atoms with Crippen LogP contribution in [-0.4, -0.2) is 23.2 Å². The average Bonchev–Trinajstić information content (AvgIpc) is 3.88. The number of nitrogens with zero attached hydrogens (tertiary/aromatic N) is 5. The third-order valence-electron chi connectivity index (χ3n) is 9.90. The minimum absolute atomic E-state index is 0.860. The van der Waals surface area contributed by atoms with E-state index in [1.807, 2.05) is 12.1 Å². The molecule has 0 aliphatic heterocycles. The van der Waals surface area contributed by atoms with E-state index in [-0.39, 0.29) is 0 Å². The maximum atomic E-state index is 6.54. The molecule has 0 aliphatic carbocycles. The van der Waals surface area contributed by atoms with Crippen molar-refractivity contribution in [1.82, 2.24) is 23.2 Å². The van der Waals surface area contributed by atoms with Crippen LogP contribution in [-0.2, 0) is 0 Å². The van der Waals surface area contributed by atoms with Crippen molar-refractivity contribution in [2.75, 3.05) is 0 Å². The van der Waals surface area contributed by atoms with Crippen LogP contribution in [0.5, 0.6) is 0 Å². The standard InChI is InChI=1S/C40H21N5O/c1-3-10-24-18-32-30(16-22(24)8-1)41-39-43(32)34-20-26(27-13-7-14-29-28-12-5-6-15-36(28)46-38(27)29)21-35-37(34)45(39)40-42-31-17-23-9-2-4-11-25(23)19-33(31)44(35)40/h1-21H. The van der Waals surface area contributed by atoms with Gasteiger partial charge in [-0.25, -0.2) is 14.4 Å². The van der Waals surface area contributed by atoms with Crippen LogP contribution in [0.2, 0.25) is 0 Å². The second-order valence-corrected chi connectivity index (χ2v) is 12.3. The summed E-state index contributed by atoms with van der Waals surface area (Å²) in [6.45, 7) is 0. The molecular weight excluding hydrogens is 566 g/mol. The van der Waals surface area contributed by atoms with Crippen LogP contribution in [0.4, 0.5) is 0 Å². The third-order valence-corrected chi connectivity index (χ3v) is 9.90. The molecule has 0 bridgehead atoms. The lowest BCUT2D eigenvalue weighted by atomic mass is 10.0. The number of hydrogen-bond acceptors (Lipinski definition) is 3. The van der Waals surface area contributed by atoms with Crippen molar-refractivity contribution >= 4 is 93.7 Å². The van der Waals surface area contributed by atoms with Crippen molar-refractivity contribution in [2.45, 2.75) is 0 Å². The normalized spacial score (nSPS) is 12.8. The number of benzene rings is 7. The van der Waals surface area contributed by atoms with Crippen molar-refractivity contribution in [3.8, 4) is 11.1 Å². The molecule has 212 valence electrons. The average molecular weight is 588 g/mol. The van der Waals surface area contributed by atoms with Gasteiger partial charge in [-0.3, -0.25) is 8.80 Å². The number of hydrogen-bond donors (Lipinski definition) is 0. The number of furan rings is 1. The minimum atomic E-state index is 0.860. The van der Waals surface area contributed by atoms with Crippen LogP contribution >= 0.6 is 0 Å². The van der Waals surface area contributed by atoms with Crippen molar-refractivity contribution in [3.63, 3.8) is 0 Å². The highest BCUT2D eigenvalue weighted by Gasteiger charge is 2.25. The Bertz CT molecular complexity index is 3100. The van der Waals surface area contributed by atoms with Gasteiger partial charge in [-0.2, -0.15) is 0 Å². The summed E-state index contributed by atoms with van der Waals surface area (Å²) in [4.78, 5) is 10.5. The molecule has 6 nitrogen and oxygen atoms in total. The van der Waals surface area contributed by atoms with Crippen LogP contribution in [0.1, 0.15) is 0 Å². The van der Waals surface area contributed by atoms with E-state index in [1.165, 1.54) is 21.5 Å². The van der Waals surface area contributed by atoms with Gasteiger partial charge >= 0.3 is 0 Å². The van der Waals surface area contributed by atoms with Crippen molar-refractivity contribution in [3.05, 3.63) is 127 Å². The molecule has 0 spiro atoms. The van der Waals surface area contributed by atoms with Gasteiger partial charge < -0.3 is 4.42 Å². The second kappa shape index (κ2) is 7.81. The highest BCUT2D eigenvalue weighted by atomic mass is 16.3. The van der Waals surface area contributed by atoms with E-state index in [0.717, 1.165) is 83.2 Å². The van der Waals surface area contributed by atoms with Crippen LogP contribution in [0.15, 0.2) is 132 Å². The predicted molar refractivity (Wildman–Crippen MR) is 186 cm³/mol. The quantitative estimate of drug-likeness (QED) is 0.192. The van der Waals surface area contributed by atoms with Gasteiger partial charge in [0.15, 0.2) is 0 Å². The van der Waals surface area contributed by atoms with Gasteiger partial charge in [0.1, 0.15) is 16.7 Å². The van der Waals surface area contributed by atoms with E-state index in [1.54, 1.807) is 0 Å². The molecule has 0 atom stereocenters. The lowest BCUT2D eigenvalue weighted by Crippen LogP contribution is -1.89. The fraction of sp³-hybridized carbons (Fsp3) is 0. The number of fused-ring (bicyclic) bond motifs is 15. The topological polar surface area (TPSA) is 52.2 Å². The third kappa shape index (κ3) is 2.70. The Morgan fingerprint density at radius 1 is 0.457 bits per heavy atom. The molecular formula is C40H21N5O. The van der Waals surface area contributed by atoms with E-state index in [4.69, 9.17) is 14.4 Å². The number of imidazole rings is 4. The van der Waals surface area contributed by atoms with Crippen molar-refractivity contribution < 1.29 is 4.42 Å². The number of rotatable bonds is 1. The summed E-state index contributed by atoms with van der Waals surface area (Å²) in [5, 5.41) is 6.99. The molecule has 46 heavy (non-hydrogen) atoms. The van der Waals surface area contributed by atoms with E-state index < -0.39 is 0 Å². The molecule has 0 aliphatic rings. The van der Waals surface area contributed by atoms with Crippen LogP contribution < -0.4 is 0 Å². The highest BCUT2D eigenvalue weighted by Crippen LogP contribution is 2.41. The van der Waals surface area contributed by atoms with Gasteiger partial charge in [0.05, 0.1) is 33.1 Å². The van der Waals surface area contributed by atoms with Gasteiger partial charge in [-0.05, 0) is 69.6 Å². The van der Waals surface area contributed by atoms with E-state index in [0.29, 0.717) is 0 Å². The molecule has 0 N–H and O–H groups in total. The first kappa shape index (κ1) is 23.0. The lowest BCUT2D eigenvalue weighted by Gasteiger charge is -2.06. The number of aromatic nitrogens is 5. The van der Waals surface area contributed by atoms with Crippen LogP contribution in [0, 0.1) is 0 Å². The fourth-order valence-electron chi connectivity index (χ4n) is 7.87. The molecule has 0 unspecified atom stereocenters. The minimum Gasteiger partial charge on any atom is -0.455 e. The Labute approximate surface area is 259 Å². The summed E-state index contributed by atoms with van der Waals surface area (Å²) in [5.41, 5.74) is 11.3. The van der Waals surface area contributed by atoms with Crippen molar-refractivity contribution in [2.24, 2.45) is 0 Å². The fourth-order valence-corrected chi connectivity index (χ4v) is 7.87. The molecule has 0 fully saturated rings. The van der Waals surface area contributed by atoms with E-state index in [9.17, 15) is 0 Å². The van der Waals surface area contributed by atoms with Gasteiger partial charge in [0, 0.05) is 16.3 Å². The summed E-state index contributed by atoms with van der Waals surface area (Å²) in [6, 6.07) is 45.2. The molecule has 0 saturated carbocycles. The van der Waals surface area contributed by atoms with Gasteiger partial charge in [0.25, 0.3) is 0 Å². The van der Waals surface area contributed by atoms with Crippen LogP contribution in [0.3, 0.4) is 0 Å². The Kier molecular flexibility index (Phi) is 3.91. The first-order valence-corrected chi connectivity index (χ1v) is 15.5. The molecule has 7 aromatic carbocycles. The smallest absolute Gasteiger partial charge is 0.223 e. The predicted octanol–water partition coefficient (Wildman–Crippen LogP) is 10.0. The molecule has 5 heterocycles. The Hall–Kier alpha value is -6.40. The molecule has 12 rings (SSSR count). The number of para-hydroxylation sites is 2. The monoisotopic (exact) mass is 587 g/mol. The zero-order valence-corrected chi connectivity index (χ0v) is 24.3. The Morgan fingerprint density at radius 3 is 1.63 bits per heavy atom. The molecule has 5 aromatic heterocycles. The SMILES string of the molecule is c1ccc2cc3c(cc2c1)nc1n3c2cc(-c3cccc4c3oc3ccccc34)cc3c2n1c1nc2cc4ccccc4cc2n31. The first-order chi connectivity index (χ1) is 22.8. The zero-order valence-electron chi connectivity index (χ0n) is 24.3. The molecule has 0 saturated heterocycles. The summed E-state index contributed by atoms with van der Waals surface area (Å²) >= 11 is 0. The molecule has 0 radical (unpaired) electrons. The van der Waals surface area contributed by atoms with E-state index >= 15 is 0 Å². The maximum absolute atomic E-state index is 6.54. The largest absolute Gasteiger partial charge is 0.455 e. The second-order valence-electron chi connectivity index (χ2n) is 12.3. The summed E-state index contributed by atoms with van der Waals surface area (Å²) < 4.78 is 13.4. The summed E-state index contributed by atoms with van der Waals surface area (Å²) in [5.74, 6) is 1.72. The van der Waals surface area contributed by atoms with Crippen molar-refractivity contribution in [1.29, 1.82) is 0 Å². The summed E-state index contributed by atoms with van der Waals surface area (Å²) in [6.07, 6.45) is 0. The van der Waals surface area contributed by atoms with Crippen LogP contribution in [0.25, 0.3) is 105 Å². The Balaban J connectivity index is 1.30.